The summed E-state index contributed by atoms with van der Waals surface area (Å²) in [7, 11) is 0. The van der Waals surface area contributed by atoms with Gasteiger partial charge >= 0.3 is 0 Å². The second kappa shape index (κ2) is 4.59. The zero-order chi connectivity index (χ0) is 12.4. The summed E-state index contributed by atoms with van der Waals surface area (Å²) in [5, 5.41) is 1.06. The third-order valence-electron chi connectivity index (χ3n) is 2.73. The predicted octanol–water partition coefficient (Wildman–Crippen LogP) is 1.90. The van der Waals surface area contributed by atoms with Crippen LogP contribution >= 0.6 is 0 Å². The van der Waals surface area contributed by atoms with Gasteiger partial charge in [-0.15, -0.1) is 0 Å². The molecule has 0 aliphatic carbocycles. The lowest BCUT2D eigenvalue weighted by atomic mass is 10.1. The molecule has 0 radical (unpaired) electrons. The summed E-state index contributed by atoms with van der Waals surface area (Å²) in [6.45, 7) is 5.34. The first-order valence-corrected chi connectivity index (χ1v) is 5.71. The summed E-state index contributed by atoms with van der Waals surface area (Å²) in [4.78, 5) is 11.4. The molecule has 1 aromatic heterocycles. The summed E-state index contributed by atoms with van der Waals surface area (Å²) in [5.41, 5.74) is 3.87. The van der Waals surface area contributed by atoms with Gasteiger partial charge in [-0.3, -0.25) is 10.2 Å². The number of benzene rings is 1. The number of aromatic nitrogens is 1. The van der Waals surface area contributed by atoms with Crippen LogP contribution in [0, 0.1) is 5.92 Å². The van der Waals surface area contributed by atoms with Crippen LogP contribution in [0.1, 0.15) is 24.2 Å². The Hall–Kier alpha value is -1.81. The van der Waals surface area contributed by atoms with Crippen molar-refractivity contribution in [2.24, 2.45) is 11.8 Å². The largest absolute Gasteiger partial charge is 0.347 e. The van der Waals surface area contributed by atoms with E-state index in [1.807, 2.05) is 18.2 Å². The number of rotatable bonds is 3. The van der Waals surface area contributed by atoms with Crippen molar-refractivity contribution in [3.05, 3.63) is 36.0 Å². The van der Waals surface area contributed by atoms with Gasteiger partial charge in [0.15, 0.2) is 0 Å². The quantitative estimate of drug-likeness (QED) is 0.481. The molecule has 0 saturated carbocycles. The smallest absolute Gasteiger partial charge is 0.265 e. The number of hydrazine groups is 1. The molecule has 17 heavy (non-hydrogen) atoms. The zero-order valence-electron chi connectivity index (χ0n) is 10.1. The van der Waals surface area contributed by atoms with Crippen LogP contribution in [0.25, 0.3) is 10.9 Å². The number of amides is 1. The standard InChI is InChI=1S/C13H17N3O/c1-9(2)8-16-6-5-10-7-11(13(17)15-14)3-4-12(10)16/h3-7,9H,8,14H2,1-2H3,(H,15,17). The molecule has 0 fully saturated rings. The van der Waals surface area contributed by atoms with E-state index >= 15 is 0 Å². The molecule has 1 amide bonds. The van der Waals surface area contributed by atoms with Gasteiger partial charge in [-0.1, -0.05) is 13.8 Å². The van der Waals surface area contributed by atoms with E-state index in [4.69, 9.17) is 5.84 Å². The highest BCUT2D eigenvalue weighted by atomic mass is 16.2. The molecule has 0 unspecified atom stereocenters. The number of nitrogen functional groups attached to an aromatic ring is 1. The molecule has 1 heterocycles. The number of nitrogens with one attached hydrogen (secondary N) is 1. The molecule has 3 N–H and O–H groups in total. The van der Waals surface area contributed by atoms with Gasteiger partial charge < -0.3 is 4.57 Å². The molecule has 1 aromatic carbocycles. The first-order chi connectivity index (χ1) is 8.11. The molecule has 0 aliphatic heterocycles. The second-order valence-corrected chi connectivity index (χ2v) is 4.61. The van der Waals surface area contributed by atoms with E-state index in [1.54, 1.807) is 6.07 Å². The van der Waals surface area contributed by atoms with Gasteiger partial charge in [0.05, 0.1) is 0 Å². The third kappa shape index (κ3) is 2.31. The van der Waals surface area contributed by atoms with Crippen molar-refractivity contribution in [2.75, 3.05) is 0 Å². The highest BCUT2D eigenvalue weighted by Crippen LogP contribution is 2.18. The molecule has 0 spiro atoms. The number of nitrogens with zero attached hydrogens (tertiary/aromatic N) is 1. The number of carbonyl (C=O) groups is 1. The number of fused-ring (bicyclic) bond motifs is 1. The summed E-state index contributed by atoms with van der Waals surface area (Å²) in [6.07, 6.45) is 2.05. The Morgan fingerprint density at radius 3 is 2.82 bits per heavy atom. The van der Waals surface area contributed by atoms with Crippen molar-refractivity contribution in [3.63, 3.8) is 0 Å². The topological polar surface area (TPSA) is 60.0 Å². The highest BCUT2D eigenvalue weighted by Gasteiger charge is 2.07. The molecule has 0 bridgehead atoms. The fourth-order valence-corrected chi connectivity index (χ4v) is 1.98. The Labute approximate surface area is 100 Å². The van der Waals surface area contributed by atoms with Crippen molar-refractivity contribution in [2.45, 2.75) is 20.4 Å². The van der Waals surface area contributed by atoms with Crippen LogP contribution in [0.3, 0.4) is 0 Å². The lowest BCUT2D eigenvalue weighted by Crippen LogP contribution is -2.29. The van der Waals surface area contributed by atoms with Gasteiger partial charge in [0.25, 0.3) is 5.91 Å². The molecule has 2 aromatic rings. The first kappa shape index (κ1) is 11.7. The first-order valence-electron chi connectivity index (χ1n) is 5.71. The number of hydrogen-bond donors (Lipinski definition) is 2. The second-order valence-electron chi connectivity index (χ2n) is 4.61. The average Bonchev–Trinajstić information content (AvgIpc) is 2.70. The average molecular weight is 231 g/mol. The maximum Gasteiger partial charge on any atom is 0.265 e. The lowest BCUT2D eigenvalue weighted by Gasteiger charge is -2.08. The van der Waals surface area contributed by atoms with E-state index in [0.717, 1.165) is 17.4 Å². The minimum absolute atomic E-state index is 0.261. The van der Waals surface area contributed by atoms with Gasteiger partial charge in [-0.05, 0) is 30.2 Å². The van der Waals surface area contributed by atoms with E-state index in [-0.39, 0.29) is 5.91 Å². The summed E-state index contributed by atoms with van der Waals surface area (Å²) >= 11 is 0. The zero-order valence-corrected chi connectivity index (χ0v) is 10.1. The minimum atomic E-state index is -0.261. The Morgan fingerprint density at radius 1 is 1.41 bits per heavy atom. The Bertz CT molecular complexity index is 543. The minimum Gasteiger partial charge on any atom is -0.347 e. The van der Waals surface area contributed by atoms with Crippen molar-refractivity contribution in [1.29, 1.82) is 0 Å². The van der Waals surface area contributed by atoms with Crippen molar-refractivity contribution >= 4 is 16.8 Å². The van der Waals surface area contributed by atoms with Crippen molar-refractivity contribution in [3.8, 4) is 0 Å². The molecular weight excluding hydrogens is 214 g/mol. The van der Waals surface area contributed by atoms with Crippen LogP contribution in [-0.2, 0) is 6.54 Å². The van der Waals surface area contributed by atoms with Gasteiger partial charge in [-0.25, -0.2) is 5.84 Å². The Morgan fingerprint density at radius 2 is 2.18 bits per heavy atom. The van der Waals surface area contributed by atoms with Crippen molar-refractivity contribution in [1.82, 2.24) is 9.99 Å². The van der Waals surface area contributed by atoms with Gasteiger partial charge in [0, 0.05) is 29.2 Å². The summed E-state index contributed by atoms with van der Waals surface area (Å²) in [6, 6.07) is 7.63. The molecule has 4 heteroatoms. The fraction of sp³-hybridized carbons (Fsp3) is 0.308. The maximum absolute atomic E-state index is 11.4. The van der Waals surface area contributed by atoms with Gasteiger partial charge in [0.2, 0.25) is 0 Å². The van der Waals surface area contributed by atoms with E-state index in [0.29, 0.717) is 11.5 Å². The molecule has 0 atom stereocenters. The Kier molecular flexibility index (Phi) is 3.15. The molecule has 0 aliphatic rings. The van der Waals surface area contributed by atoms with E-state index in [1.165, 1.54) is 0 Å². The maximum atomic E-state index is 11.4. The van der Waals surface area contributed by atoms with Crippen LogP contribution in [0.2, 0.25) is 0 Å². The van der Waals surface area contributed by atoms with Crippen LogP contribution in [0.5, 0.6) is 0 Å². The van der Waals surface area contributed by atoms with E-state index in [2.05, 4.69) is 30.0 Å². The van der Waals surface area contributed by atoms with Crippen LogP contribution in [-0.4, -0.2) is 10.5 Å². The van der Waals surface area contributed by atoms with Gasteiger partial charge in [0.1, 0.15) is 0 Å². The number of carbonyl (C=O) groups excluding carboxylic acids is 1. The SMILES string of the molecule is CC(C)Cn1ccc2cc(C(=O)NN)ccc21. The molecular formula is C13H17N3O. The van der Waals surface area contributed by atoms with E-state index < -0.39 is 0 Å². The summed E-state index contributed by atoms with van der Waals surface area (Å²) < 4.78 is 2.20. The van der Waals surface area contributed by atoms with Crippen LogP contribution < -0.4 is 11.3 Å². The summed E-state index contributed by atoms with van der Waals surface area (Å²) in [5.74, 6) is 5.45. The number of nitrogens with two attached hydrogens (primary N) is 1. The van der Waals surface area contributed by atoms with Crippen LogP contribution in [0.15, 0.2) is 30.5 Å². The third-order valence-corrected chi connectivity index (χ3v) is 2.73. The monoisotopic (exact) mass is 231 g/mol. The van der Waals surface area contributed by atoms with Crippen LogP contribution in [0.4, 0.5) is 0 Å². The fourth-order valence-electron chi connectivity index (χ4n) is 1.98. The highest BCUT2D eigenvalue weighted by molar-refractivity contribution is 5.97. The molecule has 0 saturated heterocycles. The number of hydrogen-bond acceptors (Lipinski definition) is 2. The normalized spacial score (nSPS) is 11.1. The molecule has 90 valence electrons. The molecule has 4 nitrogen and oxygen atoms in total. The van der Waals surface area contributed by atoms with E-state index in [9.17, 15) is 4.79 Å². The predicted molar refractivity (Wildman–Crippen MR) is 68.4 cm³/mol. The Balaban J connectivity index is 2.41. The van der Waals surface area contributed by atoms with Gasteiger partial charge in [-0.2, -0.15) is 0 Å². The van der Waals surface area contributed by atoms with Crippen molar-refractivity contribution < 1.29 is 4.79 Å². The lowest BCUT2D eigenvalue weighted by molar-refractivity contribution is 0.0954. The molecule has 2 rings (SSSR count).